The Morgan fingerprint density at radius 3 is 2.21 bits per heavy atom. The fourth-order valence-electron chi connectivity index (χ4n) is 2.56. The molecule has 0 aliphatic heterocycles. The molecule has 0 saturated heterocycles. The minimum Gasteiger partial charge on any atom is -0.309 e. The quantitative estimate of drug-likeness (QED) is 0.768. The Bertz CT molecular complexity index is 353. The largest absolute Gasteiger partial charge is 0.309 e. The predicted octanol–water partition coefficient (Wildman–Crippen LogP) is 3.69. The highest BCUT2D eigenvalue weighted by atomic mass is 15.1. The lowest BCUT2D eigenvalue weighted by molar-refractivity contribution is 0.284. The van der Waals surface area contributed by atoms with E-state index in [1.807, 2.05) is 0 Å². The van der Waals surface area contributed by atoms with Crippen LogP contribution < -0.4 is 5.32 Å². The molecule has 0 amide bonds. The first-order valence-electron chi connectivity index (χ1n) is 7.60. The average Bonchev–Trinajstić information content (AvgIpc) is 2.36. The summed E-state index contributed by atoms with van der Waals surface area (Å²) in [6.07, 6.45) is 1.24. The van der Waals surface area contributed by atoms with Crippen LogP contribution in [-0.4, -0.2) is 31.1 Å². The van der Waals surface area contributed by atoms with Gasteiger partial charge >= 0.3 is 0 Å². The highest BCUT2D eigenvalue weighted by molar-refractivity contribution is 5.30. The minimum atomic E-state index is 0.430. The summed E-state index contributed by atoms with van der Waals surface area (Å²) < 4.78 is 0. The van der Waals surface area contributed by atoms with E-state index in [0.717, 1.165) is 19.6 Å². The minimum absolute atomic E-state index is 0.430. The molecule has 108 valence electrons. The van der Waals surface area contributed by atoms with E-state index in [0.29, 0.717) is 6.04 Å². The van der Waals surface area contributed by atoms with E-state index in [1.165, 1.54) is 29.7 Å². The van der Waals surface area contributed by atoms with Gasteiger partial charge in [-0.15, -0.1) is 0 Å². The van der Waals surface area contributed by atoms with E-state index in [1.54, 1.807) is 0 Å². The third kappa shape index (κ3) is 5.75. The lowest BCUT2D eigenvalue weighted by Crippen LogP contribution is -2.33. The summed E-state index contributed by atoms with van der Waals surface area (Å²) in [7, 11) is 0. The zero-order valence-corrected chi connectivity index (χ0v) is 13.3. The summed E-state index contributed by atoms with van der Waals surface area (Å²) in [5, 5.41) is 3.63. The fraction of sp³-hybridized carbons (Fsp3) is 0.647. The Kier molecular flexibility index (Phi) is 7.11. The van der Waals surface area contributed by atoms with E-state index in [-0.39, 0.29) is 0 Å². The number of likely N-dealkylation sites (N-methyl/N-ethyl adjacent to an activating group) is 1. The summed E-state index contributed by atoms with van der Waals surface area (Å²) in [4.78, 5) is 2.50. The average molecular weight is 262 g/mol. The number of hydrogen-bond donors (Lipinski definition) is 1. The Morgan fingerprint density at radius 1 is 1.05 bits per heavy atom. The summed E-state index contributed by atoms with van der Waals surface area (Å²) in [5.74, 6) is 0. The van der Waals surface area contributed by atoms with Crippen molar-refractivity contribution in [1.29, 1.82) is 0 Å². The smallest absolute Gasteiger partial charge is 0.0292 e. The van der Waals surface area contributed by atoms with Crippen molar-refractivity contribution >= 4 is 0 Å². The van der Waals surface area contributed by atoms with Crippen LogP contribution in [0.3, 0.4) is 0 Å². The fourth-order valence-corrected chi connectivity index (χ4v) is 2.56. The van der Waals surface area contributed by atoms with E-state index < -0.39 is 0 Å². The summed E-state index contributed by atoms with van der Waals surface area (Å²) >= 11 is 0. The van der Waals surface area contributed by atoms with Crippen molar-refractivity contribution in [2.75, 3.05) is 26.2 Å². The van der Waals surface area contributed by atoms with Crippen LogP contribution in [0.15, 0.2) is 18.2 Å². The zero-order valence-electron chi connectivity index (χ0n) is 13.3. The molecule has 0 aliphatic carbocycles. The summed E-state index contributed by atoms with van der Waals surface area (Å²) in [5.41, 5.74) is 4.10. The molecular weight excluding hydrogens is 232 g/mol. The molecule has 1 aromatic carbocycles. The molecule has 1 N–H and O–H groups in total. The molecule has 0 bridgehead atoms. The normalized spacial score (nSPS) is 12.9. The number of nitrogens with one attached hydrogen (secondary N) is 1. The van der Waals surface area contributed by atoms with Crippen LogP contribution in [-0.2, 0) is 0 Å². The number of benzene rings is 1. The van der Waals surface area contributed by atoms with Crippen LogP contribution in [0.25, 0.3) is 0 Å². The van der Waals surface area contributed by atoms with Gasteiger partial charge in [0, 0.05) is 19.1 Å². The van der Waals surface area contributed by atoms with Gasteiger partial charge in [0.05, 0.1) is 0 Å². The molecule has 1 atom stereocenters. The SMILES string of the molecule is CCCN(CC)CCNC(C)c1cc(C)cc(C)c1. The second-order valence-corrected chi connectivity index (χ2v) is 5.53. The van der Waals surface area contributed by atoms with Crippen molar-refractivity contribution < 1.29 is 0 Å². The third-order valence-corrected chi connectivity index (χ3v) is 3.61. The Hall–Kier alpha value is -0.860. The molecule has 1 rings (SSSR count). The van der Waals surface area contributed by atoms with E-state index in [9.17, 15) is 0 Å². The molecule has 19 heavy (non-hydrogen) atoms. The van der Waals surface area contributed by atoms with Crippen molar-refractivity contribution in [3.05, 3.63) is 34.9 Å². The van der Waals surface area contributed by atoms with Gasteiger partial charge in [0.15, 0.2) is 0 Å². The first-order chi connectivity index (χ1) is 9.06. The molecule has 0 radical (unpaired) electrons. The van der Waals surface area contributed by atoms with Crippen molar-refractivity contribution in [2.24, 2.45) is 0 Å². The molecule has 0 heterocycles. The first-order valence-corrected chi connectivity index (χ1v) is 7.60. The number of hydrogen-bond acceptors (Lipinski definition) is 2. The molecule has 2 nitrogen and oxygen atoms in total. The zero-order chi connectivity index (χ0) is 14.3. The standard InChI is InChI=1S/C17H30N2/c1-6-9-19(7-2)10-8-18-16(5)17-12-14(3)11-15(4)13-17/h11-13,16,18H,6-10H2,1-5H3. The van der Waals surface area contributed by atoms with Crippen LogP contribution in [0.5, 0.6) is 0 Å². The monoisotopic (exact) mass is 262 g/mol. The maximum Gasteiger partial charge on any atom is 0.0292 e. The van der Waals surface area contributed by atoms with Crippen LogP contribution >= 0.6 is 0 Å². The number of rotatable bonds is 8. The van der Waals surface area contributed by atoms with Crippen molar-refractivity contribution in [3.63, 3.8) is 0 Å². The van der Waals surface area contributed by atoms with Gasteiger partial charge in [-0.3, -0.25) is 0 Å². The molecule has 0 spiro atoms. The van der Waals surface area contributed by atoms with Gasteiger partial charge in [-0.25, -0.2) is 0 Å². The van der Waals surface area contributed by atoms with Crippen molar-refractivity contribution in [1.82, 2.24) is 10.2 Å². The Morgan fingerprint density at radius 2 is 1.68 bits per heavy atom. The topological polar surface area (TPSA) is 15.3 Å². The molecule has 0 aliphatic rings. The highest BCUT2D eigenvalue weighted by Crippen LogP contribution is 2.16. The van der Waals surface area contributed by atoms with E-state index in [4.69, 9.17) is 0 Å². The van der Waals surface area contributed by atoms with Gasteiger partial charge in [-0.1, -0.05) is 43.2 Å². The molecule has 1 aromatic rings. The highest BCUT2D eigenvalue weighted by Gasteiger charge is 2.07. The second-order valence-electron chi connectivity index (χ2n) is 5.53. The molecule has 0 fully saturated rings. The second kappa shape index (κ2) is 8.34. The third-order valence-electron chi connectivity index (χ3n) is 3.61. The maximum atomic E-state index is 3.63. The Balaban J connectivity index is 2.44. The predicted molar refractivity (Wildman–Crippen MR) is 84.7 cm³/mol. The summed E-state index contributed by atoms with van der Waals surface area (Å²) in [6, 6.07) is 7.23. The molecule has 2 heteroatoms. The van der Waals surface area contributed by atoms with Gasteiger partial charge in [0.2, 0.25) is 0 Å². The molecule has 0 aromatic heterocycles. The van der Waals surface area contributed by atoms with Crippen LogP contribution in [0.1, 0.15) is 49.9 Å². The van der Waals surface area contributed by atoms with Gasteiger partial charge in [-0.2, -0.15) is 0 Å². The molecular formula is C17H30N2. The van der Waals surface area contributed by atoms with Crippen molar-refractivity contribution in [2.45, 2.75) is 47.1 Å². The lowest BCUT2D eigenvalue weighted by Gasteiger charge is -2.22. The first kappa shape index (κ1) is 16.2. The summed E-state index contributed by atoms with van der Waals surface area (Å²) in [6.45, 7) is 15.6. The van der Waals surface area contributed by atoms with Gasteiger partial charge < -0.3 is 10.2 Å². The maximum absolute atomic E-state index is 3.63. The lowest BCUT2D eigenvalue weighted by atomic mass is 10.0. The van der Waals surface area contributed by atoms with Crippen LogP contribution in [0, 0.1) is 13.8 Å². The van der Waals surface area contributed by atoms with Crippen LogP contribution in [0.4, 0.5) is 0 Å². The van der Waals surface area contributed by atoms with Gasteiger partial charge in [0.1, 0.15) is 0 Å². The van der Waals surface area contributed by atoms with Gasteiger partial charge in [0.25, 0.3) is 0 Å². The van der Waals surface area contributed by atoms with Gasteiger partial charge in [-0.05, 0) is 45.8 Å². The molecule has 0 saturated carbocycles. The van der Waals surface area contributed by atoms with E-state index >= 15 is 0 Å². The van der Waals surface area contributed by atoms with Crippen molar-refractivity contribution in [3.8, 4) is 0 Å². The number of aryl methyl sites for hydroxylation is 2. The van der Waals surface area contributed by atoms with E-state index in [2.05, 4.69) is 63.0 Å². The molecule has 1 unspecified atom stereocenters. The Labute approximate surface area is 119 Å². The van der Waals surface area contributed by atoms with Crippen LogP contribution in [0.2, 0.25) is 0 Å². The number of nitrogens with zero attached hydrogens (tertiary/aromatic N) is 1.